The predicted molar refractivity (Wildman–Crippen MR) is 119 cm³/mol. The number of sulfonamides is 1. The molecule has 1 fully saturated rings. The van der Waals surface area contributed by atoms with Crippen LogP contribution in [-0.4, -0.2) is 57.8 Å². The van der Waals surface area contributed by atoms with Crippen LogP contribution in [0, 0.1) is 0 Å². The van der Waals surface area contributed by atoms with E-state index in [1.807, 2.05) is 24.3 Å². The van der Waals surface area contributed by atoms with Crippen molar-refractivity contribution < 1.29 is 17.9 Å². The number of ether oxygens (including phenoxy) is 1. The Balaban J connectivity index is 1.70. The number of methoxy groups -OCH3 is 1. The van der Waals surface area contributed by atoms with Gasteiger partial charge in [0.2, 0.25) is 10.0 Å². The molecule has 0 aliphatic carbocycles. The van der Waals surface area contributed by atoms with Gasteiger partial charge in [-0.2, -0.15) is 4.31 Å². The van der Waals surface area contributed by atoms with E-state index in [-0.39, 0.29) is 16.7 Å². The lowest BCUT2D eigenvalue weighted by Gasteiger charge is -2.18. The summed E-state index contributed by atoms with van der Waals surface area (Å²) in [5, 5.41) is 1.04. The van der Waals surface area contributed by atoms with Gasteiger partial charge in [-0.25, -0.2) is 8.42 Å². The predicted octanol–water partition coefficient (Wildman–Crippen LogP) is 3.79. The van der Waals surface area contributed by atoms with Crippen molar-refractivity contribution in [2.45, 2.75) is 17.2 Å². The first-order chi connectivity index (χ1) is 14.3. The molecule has 1 aliphatic rings. The van der Waals surface area contributed by atoms with E-state index in [1.165, 1.54) is 22.8 Å². The van der Waals surface area contributed by atoms with E-state index in [4.69, 9.17) is 4.74 Å². The highest BCUT2D eigenvalue weighted by Crippen LogP contribution is 2.41. The van der Waals surface area contributed by atoms with Gasteiger partial charge in [-0.3, -0.25) is 4.79 Å². The number of nitrogens with zero attached hydrogens (tertiary/aromatic N) is 2. The lowest BCUT2D eigenvalue weighted by Crippen LogP contribution is -2.29. The number of carbonyl (C=O) groups is 1. The van der Waals surface area contributed by atoms with Crippen LogP contribution in [0.1, 0.15) is 27.6 Å². The van der Waals surface area contributed by atoms with E-state index >= 15 is 0 Å². The lowest BCUT2D eigenvalue weighted by molar-refractivity contribution is 0.0831. The van der Waals surface area contributed by atoms with Crippen LogP contribution in [0.3, 0.4) is 0 Å². The van der Waals surface area contributed by atoms with Gasteiger partial charge >= 0.3 is 0 Å². The monoisotopic (exact) mass is 444 g/mol. The Morgan fingerprint density at radius 2 is 1.93 bits per heavy atom. The Labute approximate surface area is 180 Å². The SMILES string of the molecule is COc1cccc(S(=O)(=O)N2CC[C@@H](c3c(C(=O)N(C)C)sc4ccccc34)C2)c1. The summed E-state index contributed by atoms with van der Waals surface area (Å²) >= 11 is 1.48. The number of carbonyl (C=O) groups excluding carboxylic acids is 1. The van der Waals surface area contributed by atoms with Crippen LogP contribution in [0.4, 0.5) is 0 Å². The molecule has 4 rings (SSSR count). The molecular weight excluding hydrogens is 420 g/mol. The van der Waals surface area contributed by atoms with Gasteiger partial charge in [-0.15, -0.1) is 11.3 Å². The molecule has 2 aromatic carbocycles. The molecule has 0 radical (unpaired) electrons. The second-order valence-corrected chi connectivity index (χ2v) is 10.6. The maximum absolute atomic E-state index is 13.2. The van der Waals surface area contributed by atoms with Crippen molar-refractivity contribution in [3.05, 3.63) is 59.0 Å². The lowest BCUT2D eigenvalue weighted by atomic mass is 9.95. The second-order valence-electron chi connectivity index (χ2n) is 7.57. The molecule has 1 aromatic heterocycles. The maximum Gasteiger partial charge on any atom is 0.263 e. The van der Waals surface area contributed by atoms with Crippen molar-refractivity contribution >= 4 is 37.4 Å². The third-order valence-corrected chi connectivity index (χ3v) is 8.51. The van der Waals surface area contributed by atoms with Crippen LogP contribution in [0.5, 0.6) is 5.75 Å². The number of benzene rings is 2. The third-order valence-electron chi connectivity index (χ3n) is 5.47. The number of amides is 1. The van der Waals surface area contributed by atoms with Gasteiger partial charge in [-0.05, 0) is 35.6 Å². The van der Waals surface area contributed by atoms with Gasteiger partial charge in [0, 0.05) is 43.9 Å². The summed E-state index contributed by atoms with van der Waals surface area (Å²) in [5.74, 6) is 0.440. The van der Waals surface area contributed by atoms with Crippen LogP contribution in [0.2, 0.25) is 0 Å². The number of hydrogen-bond donors (Lipinski definition) is 0. The van der Waals surface area contributed by atoms with Crippen molar-refractivity contribution in [3.63, 3.8) is 0 Å². The highest BCUT2D eigenvalue weighted by atomic mass is 32.2. The zero-order valence-electron chi connectivity index (χ0n) is 17.2. The fourth-order valence-corrected chi connectivity index (χ4v) is 6.77. The summed E-state index contributed by atoms with van der Waals surface area (Å²) in [6.45, 7) is 0.776. The van der Waals surface area contributed by atoms with Gasteiger partial charge in [0.05, 0.1) is 16.9 Å². The van der Waals surface area contributed by atoms with Gasteiger partial charge in [0.1, 0.15) is 5.75 Å². The minimum atomic E-state index is -3.64. The summed E-state index contributed by atoms with van der Waals surface area (Å²) in [4.78, 5) is 15.4. The molecule has 6 nitrogen and oxygen atoms in total. The number of fused-ring (bicyclic) bond motifs is 1. The Kier molecular flexibility index (Phi) is 5.57. The fraction of sp³-hybridized carbons (Fsp3) is 0.318. The van der Waals surface area contributed by atoms with Crippen molar-refractivity contribution in [3.8, 4) is 5.75 Å². The topological polar surface area (TPSA) is 66.9 Å². The zero-order chi connectivity index (χ0) is 21.5. The first-order valence-corrected chi connectivity index (χ1v) is 12.0. The zero-order valence-corrected chi connectivity index (χ0v) is 18.8. The van der Waals surface area contributed by atoms with Crippen molar-refractivity contribution in [2.75, 3.05) is 34.3 Å². The van der Waals surface area contributed by atoms with E-state index in [9.17, 15) is 13.2 Å². The molecule has 1 saturated heterocycles. The third kappa shape index (κ3) is 3.59. The number of thiophene rings is 1. The summed E-state index contributed by atoms with van der Waals surface area (Å²) in [7, 11) is 1.36. The number of rotatable bonds is 5. The van der Waals surface area contributed by atoms with E-state index in [0.29, 0.717) is 30.1 Å². The molecule has 3 aromatic rings. The van der Waals surface area contributed by atoms with E-state index in [1.54, 1.807) is 43.3 Å². The highest BCUT2D eigenvalue weighted by molar-refractivity contribution is 7.89. The molecule has 0 bridgehead atoms. The van der Waals surface area contributed by atoms with Gasteiger partial charge < -0.3 is 9.64 Å². The van der Waals surface area contributed by atoms with E-state index < -0.39 is 10.0 Å². The smallest absolute Gasteiger partial charge is 0.263 e. The molecule has 0 saturated carbocycles. The first-order valence-electron chi connectivity index (χ1n) is 9.70. The average molecular weight is 445 g/mol. The summed E-state index contributed by atoms with van der Waals surface area (Å²) in [6, 6.07) is 14.5. The fourth-order valence-electron chi connectivity index (χ4n) is 3.93. The highest BCUT2D eigenvalue weighted by Gasteiger charge is 2.36. The molecule has 30 heavy (non-hydrogen) atoms. The normalized spacial score (nSPS) is 17.4. The van der Waals surface area contributed by atoms with Gasteiger partial charge in [0.15, 0.2) is 0 Å². The van der Waals surface area contributed by atoms with E-state index in [2.05, 4.69) is 0 Å². The van der Waals surface area contributed by atoms with Crippen molar-refractivity contribution in [1.29, 1.82) is 0 Å². The Morgan fingerprint density at radius 1 is 1.17 bits per heavy atom. The van der Waals surface area contributed by atoms with Crippen molar-refractivity contribution in [2.24, 2.45) is 0 Å². The molecule has 0 N–H and O–H groups in total. The molecule has 158 valence electrons. The molecule has 1 aliphatic heterocycles. The molecular formula is C22H24N2O4S2. The summed E-state index contributed by atoms with van der Waals surface area (Å²) < 4.78 is 34.2. The molecule has 0 unspecified atom stereocenters. The van der Waals surface area contributed by atoms with Crippen LogP contribution in [-0.2, 0) is 10.0 Å². The average Bonchev–Trinajstić information content (AvgIpc) is 3.38. The summed E-state index contributed by atoms with van der Waals surface area (Å²) in [6.07, 6.45) is 0.678. The Morgan fingerprint density at radius 3 is 2.67 bits per heavy atom. The van der Waals surface area contributed by atoms with Crippen LogP contribution >= 0.6 is 11.3 Å². The minimum absolute atomic E-state index is 0.0274. The largest absolute Gasteiger partial charge is 0.497 e. The first kappa shape index (κ1) is 20.8. The molecule has 0 spiro atoms. The van der Waals surface area contributed by atoms with Gasteiger partial charge in [-0.1, -0.05) is 24.3 Å². The number of hydrogen-bond acceptors (Lipinski definition) is 5. The van der Waals surface area contributed by atoms with E-state index in [0.717, 1.165) is 15.6 Å². The maximum atomic E-state index is 13.2. The van der Waals surface area contributed by atoms with Gasteiger partial charge in [0.25, 0.3) is 5.91 Å². The molecule has 8 heteroatoms. The standard InChI is InChI=1S/C22H24N2O4S2/c1-23(2)22(25)21-20(18-9-4-5-10-19(18)29-21)15-11-12-24(14-15)30(26,27)17-8-6-7-16(13-17)28-3/h4-10,13,15H,11-12,14H2,1-3H3/t15-/m1/s1. The van der Waals surface area contributed by atoms with Crippen LogP contribution < -0.4 is 4.74 Å². The Bertz CT molecular complexity index is 1200. The molecule has 1 atom stereocenters. The van der Waals surface area contributed by atoms with Crippen LogP contribution in [0.15, 0.2) is 53.4 Å². The molecule has 2 heterocycles. The summed E-state index contributed by atoms with van der Waals surface area (Å²) in [5.41, 5.74) is 0.970. The van der Waals surface area contributed by atoms with Crippen LogP contribution in [0.25, 0.3) is 10.1 Å². The second kappa shape index (κ2) is 8.02. The van der Waals surface area contributed by atoms with Crippen molar-refractivity contribution in [1.82, 2.24) is 9.21 Å². The quantitative estimate of drug-likeness (QED) is 0.601. The minimum Gasteiger partial charge on any atom is -0.497 e. The molecule has 1 amide bonds. The Hall–Kier alpha value is -2.42.